The summed E-state index contributed by atoms with van der Waals surface area (Å²) in [5.41, 5.74) is 7.21. The van der Waals surface area contributed by atoms with Crippen molar-refractivity contribution in [3.8, 4) is 0 Å². The number of hydrogen-bond acceptors (Lipinski definition) is 3. The van der Waals surface area contributed by atoms with Crippen LogP contribution in [0.1, 0.15) is 11.3 Å². The Bertz CT molecular complexity index is 496. The number of aryl methyl sites for hydroxylation is 1. The summed E-state index contributed by atoms with van der Waals surface area (Å²) < 4.78 is 1.38. The van der Waals surface area contributed by atoms with Crippen LogP contribution >= 0.6 is 0 Å². The Hall–Kier alpha value is -1.62. The maximum atomic E-state index is 11.7. The van der Waals surface area contributed by atoms with Crippen LogP contribution in [-0.2, 0) is 6.54 Å². The number of aromatic amines is 1. The van der Waals surface area contributed by atoms with E-state index in [4.69, 9.17) is 5.73 Å². The largest absolute Gasteiger partial charge is 0.326 e. The van der Waals surface area contributed by atoms with Crippen molar-refractivity contribution in [1.29, 1.82) is 0 Å². The standard InChI is InChI=1S/C8H10N4O/c1-5-6(4-9)8(13)12-7(11-5)2-3-10-12/h2-3,10H,4,9H2,1H3. The molecule has 5 nitrogen and oxygen atoms in total. The first-order valence-corrected chi connectivity index (χ1v) is 3.99. The summed E-state index contributed by atoms with van der Waals surface area (Å²) in [6.45, 7) is 2.01. The number of nitrogens with zero attached hydrogens (tertiary/aromatic N) is 2. The molecule has 5 heteroatoms. The molecule has 0 aliphatic carbocycles. The average Bonchev–Trinajstić information content (AvgIpc) is 2.53. The van der Waals surface area contributed by atoms with E-state index < -0.39 is 0 Å². The quantitative estimate of drug-likeness (QED) is 0.634. The maximum Gasteiger partial charge on any atom is 0.277 e. The molecule has 2 aromatic heterocycles. The molecule has 0 spiro atoms. The van der Waals surface area contributed by atoms with Crippen molar-refractivity contribution in [2.24, 2.45) is 5.73 Å². The number of rotatable bonds is 1. The van der Waals surface area contributed by atoms with Crippen LogP contribution in [0.4, 0.5) is 0 Å². The van der Waals surface area contributed by atoms with E-state index in [-0.39, 0.29) is 12.1 Å². The van der Waals surface area contributed by atoms with Gasteiger partial charge in [-0.3, -0.25) is 9.89 Å². The molecule has 0 amide bonds. The van der Waals surface area contributed by atoms with Gasteiger partial charge in [0.15, 0.2) is 5.65 Å². The van der Waals surface area contributed by atoms with E-state index in [1.165, 1.54) is 4.52 Å². The molecule has 0 fully saturated rings. The summed E-state index contributed by atoms with van der Waals surface area (Å²) in [6, 6.07) is 1.74. The molecule has 2 rings (SSSR count). The number of nitrogens with two attached hydrogens (primary N) is 1. The lowest BCUT2D eigenvalue weighted by Crippen LogP contribution is -2.23. The van der Waals surface area contributed by atoms with Gasteiger partial charge in [0.05, 0.1) is 5.56 Å². The molecule has 68 valence electrons. The Labute approximate surface area is 74.2 Å². The minimum atomic E-state index is -0.116. The third-order valence-electron chi connectivity index (χ3n) is 2.05. The van der Waals surface area contributed by atoms with E-state index in [1.807, 2.05) is 0 Å². The van der Waals surface area contributed by atoms with Gasteiger partial charge in [0.2, 0.25) is 0 Å². The predicted molar refractivity (Wildman–Crippen MR) is 48.4 cm³/mol. The molecule has 0 atom stereocenters. The van der Waals surface area contributed by atoms with Crippen molar-refractivity contribution in [1.82, 2.24) is 14.6 Å². The molecule has 0 saturated heterocycles. The summed E-state index contributed by atoms with van der Waals surface area (Å²) in [5.74, 6) is 0. The van der Waals surface area contributed by atoms with E-state index in [9.17, 15) is 4.79 Å². The van der Waals surface area contributed by atoms with Crippen LogP contribution in [0.3, 0.4) is 0 Å². The summed E-state index contributed by atoms with van der Waals surface area (Å²) >= 11 is 0. The van der Waals surface area contributed by atoms with E-state index in [2.05, 4.69) is 10.1 Å². The molecule has 0 unspecified atom stereocenters. The molecule has 0 bridgehead atoms. The van der Waals surface area contributed by atoms with Crippen LogP contribution in [-0.4, -0.2) is 14.6 Å². The Morgan fingerprint density at radius 3 is 3.15 bits per heavy atom. The van der Waals surface area contributed by atoms with Gasteiger partial charge in [0.25, 0.3) is 5.56 Å². The molecular weight excluding hydrogens is 168 g/mol. The fourth-order valence-electron chi connectivity index (χ4n) is 1.34. The maximum absolute atomic E-state index is 11.7. The molecule has 0 saturated carbocycles. The van der Waals surface area contributed by atoms with E-state index in [1.54, 1.807) is 19.2 Å². The van der Waals surface area contributed by atoms with Gasteiger partial charge in [-0.15, -0.1) is 0 Å². The third kappa shape index (κ3) is 1.05. The highest BCUT2D eigenvalue weighted by molar-refractivity contribution is 5.38. The van der Waals surface area contributed by atoms with Gasteiger partial charge in [0, 0.05) is 24.5 Å². The minimum absolute atomic E-state index is 0.116. The lowest BCUT2D eigenvalue weighted by molar-refractivity contribution is 0.845. The van der Waals surface area contributed by atoms with Crippen molar-refractivity contribution in [3.05, 3.63) is 33.9 Å². The summed E-state index contributed by atoms with van der Waals surface area (Å²) in [5, 5.41) is 2.78. The second-order valence-corrected chi connectivity index (χ2v) is 2.84. The van der Waals surface area contributed by atoms with E-state index in [0.29, 0.717) is 16.9 Å². The first kappa shape index (κ1) is 8.00. The topological polar surface area (TPSA) is 76.2 Å². The van der Waals surface area contributed by atoms with Crippen LogP contribution in [0.25, 0.3) is 5.65 Å². The first-order chi connectivity index (χ1) is 6.24. The summed E-state index contributed by atoms with van der Waals surface area (Å²) in [7, 11) is 0. The zero-order chi connectivity index (χ0) is 9.42. The van der Waals surface area contributed by atoms with Gasteiger partial charge >= 0.3 is 0 Å². The van der Waals surface area contributed by atoms with E-state index in [0.717, 1.165) is 0 Å². The second kappa shape index (κ2) is 2.70. The molecular formula is C8H10N4O. The highest BCUT2D eigenvalue weighted by Gasteiger charge is 2.07. The Kier molecular flexibility index (Phi) is 1.66. The molecule has 3 N–H and O–H groups in total. The Balaban J connectivity index is 2.93. The SMILES string of the molecule is Cc1nc2cc[nH]n2c(=O)c1CN. The molecule has 2 heterocycles. The Morgan fingerprint density at radius 2 is 2.46 bits per heavy atom. The molecule has 2 aromatic rings. The van der Waals surface area contributed by atoms with Gasteiger partial charge in [-0.25, -0.2) is 9.50 Å². The smallest absolute Gasteiger partial charge is 0.277 e. The van der Waals surface area contributed by atoms with Gasteiger partial charge in [-0.05, 0) is 6.92 Å². The predicted octanol–water partition coefficient (Wildman–Crippen LogP) is -0.210. The second-order valence-electron chi connectivity index (χ2n) is 2.84. The fourth-order valence-corrected chi connectivity index (χ4v) is 1.34. The lowest BCUT2D eigenvalue weighted by Gasteiger charge is -2.01. The zero-order valence-corrected chi connectivity index (χ0v) is 7.24. The summed E-state index contributed by atoms with van der Waals surface area (Å²) in [6.07, 6.45) is 1.67. The van der Waals surface area contributed by atoms with Crippen molar-refractivity contribution in [2.75, 3.05) is 0 Å². The number of H-pyrrole nitrogens is 1. The molecule has 0 aliphatic rings. The third-order valence-corrected chi connectivity index (χ3v) is 2.05. The molecule has 13 heavy (non-hydrogen) atoms. The molecule has 0 aromatic carbocycles. The highest BCUT2D eigenvalue weighted by Crippen LogP contribution is 2.01. The van der Waals surface area contributed by atoms with Crippen LogP contribution in [0.2, 0.25) is 0 Å². The van der Waals surface area contributed by atoms with Crippen LogP contribution in [0.15, 0.2) is 17.1 Å². The summed E-state index contributed by atoms with van der Waals surface area (Å²) in [4.78, 5) is 15.9. The fraction of sp³-hybridized carbons (Fsp3) is 0.250. The molecule has 0 radical (unpaired) electrons. The zero-order valence-electron chi connectivity index (χ0n) is 7.24. The number of hydrogen-bond donors (Lipinski definition) is 2. The van der Waals surface area contributed by atoms with Crippen molar-refractivity contribution >= 4 is 5.65 Å². The first-order valence-electron chi connectivity index (χ1n) is 3.99. The van der Waals surface area contributed by atoms with Gasteiger partial charge < -0.3 is 5.73 Å². The number of fused-ring (bicyclic) bond motifs is 1. The van der Waals surface area contributed by atoms with Crippen molar-refractivity contribution < 1.29 is 0 Å². The normalized spacial score (nSPS) is 10.9. The molecule has 0 aliphatic heterocycles. The highest BCUT2D eigenvalue weighted by atomic mass is 16.1. The van der Waals surface area contributed by atoms with E-state index >= 15 is 0 Å². The van der Waals surface area contributed by atoms with Gasteiger partial charge in [0.1, 0.15) is 0 Å². The minimum Gasteiger partial charge on any atom is -0.326 e. The number of nitrogens with one attached hydrogen (secondary N) is 1. The Morgan fingerprint density at radius 1 is 1.69 bits per heavy atom. The van der Waals surface area contributed by atoms with Gasteiger partial charge in [-0.2, -0.15) is 0 Å². The van der Waals surface area contributed by atoms with Crippen LogP contribution in [0.5, 0.6) is 0 Å². The average molecular weight is 178 g/mol. The lowest BCUT2D eigenvalue weighted by atomic mass is 10.2. The number of aromatic nitrogens is 3. The monoisotopic (exact) mass is 178 g/mol. The van der Waals surface area contributed by atoms with Crippen molar-refractivity contribution in [3.63, 3.8) is 0 Å². The van der Waals surface area contributed by atoms with Crippen molar-refractivity contribution in [2.45, 2.75) is 13.5 Å². The van der Waals surface area contributed by atoms with Crippen LogP contribution in [0, 0.1) is 6.92 Å². The van der Waals surface area contributed by atoms with Gasteiger partial charge in [-0.1, -0.05) is 0 Å². The van der Waals surface area contributed by atoms with Crippen LogP contribution < -0.4 is 11.3 Å².